The number of carbonyl (C=O) groups is 1. The highest BCUT2D eigenvalue weighted by atomic mass is 35.5. The van der Waals surface area contributed by atoms with Gasteiger partial charge in [0.1, 0.15) is 5.65 Å². The zero-order chi connectivity index (χ0) is 19.3. The molecule has 4 aromatic rings. The van der Waals surface area contributed by atoms with Crippen LogP contribution in [-0.4, -0.2) is 25.2 Å². The highest BCUT2D eigenvalue weighted by Crippen LogP contribution is 2.11. The molecule has 0 unspecified atom stereocenters. The van der Waals surface area contributed by atoms with Gasteiger partial charge < -0.3 is 15.0 Å². The SMILES string of the molecule is O=C(NCc1cccc(Cn2cccn2)c1)NCc1cn2cc(Cl)ccc2n1. The number of imidazole rings is 1. The van der Waals surface area contributed by atoms with Gasteiger partial charge in [0.15, 0.2) is 0 Å². The summed E-state index contributed by atoms with van der Waals surface area (Å²) >= 11 is 5.97. The molecule has 3 heterocycles. The fraction of sp³-hybridized carbons (Fsp3) is 0.150. The topological polar surface area (TPSA) is 76.2 Å². The van der Waals surface area contributed by atoms with Crippen molar-refractivity contribution in [1.82, 2.24) is 29.8 Å². The average Bonchev–Trinajstić information content (AvgIpc) is 3.34. The van der Waals surface area contributed by atoms with Gasteiger partial charge in [0, 0.05) is 31.3 Å². The van der Waals surface area contributed by atoms with E-state index in [2.05, 4.69) is 26.8 Å². The van der Waals surface area contributed by atoms with E-state index in [1.165, 1.54) is 0 Å². The van der Waals surface area contributed by atoms with Gasteiger partial charge in [-0.25, -0.2) is 9.78 Å². The fourth-order valence-electron chi connectivity index (χ4n) is 2.94. The molecular formula is C20H19ClN6O. The first-order chi connectivity index (χ1) is 13.7. The van der Waals surface area contributed by atoms with Gasteiger partial charge >= 0.3 is 6.03 Å². The molecule has 0 aliphatic rings. The van der Waals surface area contributed by atoms with Gasteiger partial charge in [0.2, 0.25) is 0 Å². The summed E-state index contributed by atoms with van der Waals surface area (Å²) < 4.78 is 3.70. The van der Waals surface area contributed by atoms with E-state index in [-0.39, 0.29) is 6.03 Å². The van der Waals surface area contributed by atoms with Gasteiger partial charge in [-0.1, -0.05) is 35.9 Å². The zero-order valence-corrected chi connectivity index (χ0v) is 15.8. The Bertz CT molecular complexity index is 1090. The minimum Gasteiger partial charge on any atom is -0.334 e. The van der Waals surface area contributed by atoms with Crippen LogP contribution in [0.25, 0.3) is 5.65 Å². The number of benzene rings is 1. The molecule has 0 spiro atoms. The molecule has 4 rings (SSSR count). The molecule has 142 valence electrons. The number of amides is 2. The van der Waals surface area contributed by atoms with Crippen LogP contribution in [0.3, 0.4) is 0 Å². The molecule has 8 heteroatoms. The van der Waals surface area contributed by atoms with Crippen LogP contribution in [0.4, 0.5) is 4.79 Å². The number of halogens is 1. The second-order valence-corrected chi connectivity index (χ2v) is 6.84. The van der Waals surface area contributed by atoms with Crippen LogP contribution in [0.1, 0.15) is 16.8 Å². The Labute approximate surface area is 167 Å². The molecule has 0 bridgehead atoms. The lowest BCUT2D eigenvalue weighted by atomic mass is 10.1. The molecule has 0 aliphatic carbocycles. The third kappa shape index (κ3) is 4.50. The van der Waals surface area contributed by atoms with Crippen molar-refractivity contribution in [3.05, 3.63) is 89.1 Å². The van der Waals surface area contributed by atoms with Crippen LogP contribution >= 0.6 is 11.6 Å². The normalized spacial score (nSPS) is 10.9. The maximum Gasteiger partial charge on any atom is 0.315 e. The lowest BCUT2D eigenvalue weighted by molar-refractivity contribution is 0.240. The Morgan fingerprint density at radius 3 is 2.75 bits per heavy atom. The minimum absolute atomic E-state index is 0.243. The summed E-state index contributed by atoms with van der Waals surface area (Å²) in [6, 6.07) is 13.3. The first kappa shape index (κ1) is 18.1. The lowest BCUT2D eigenvalue weighted by Gasteiger charge is -2.08. The Morgan fingerprint density at radius 2 is 1.89 bits per heavy atom. The zero-order valence-electron chi connectivity index (χ0n) is 15.0. The summed E-state index contributed by atoms with van der Waals surface area (Å²) in [6.45, 7) is 1.48. The Balaban J connectivity index is 1.29. The van der Waals surface area contributed by atoms with E-state index in [4.69, 9.17) is 11.6 Å². The maximum atomic E-state index is 12.1. The number of hydrogen-bond donors (Lipinski definition) is 2. The Hall–Kier alpha value is -3.32. The average molecular weight is 395 g/mol. The monoisotopic (exact) mass is 394 g/mol. The second-order valence-electron chi connectivity index (χ2n) is 6.40. The molecule has 0 saturated heterocycles. The maximum absolute atomic E-state index is 12.1. The van der Waals surface area contributed by atoms with Crippen molar-refractivity contribution in [2.45, 2.75) is 19.6 Å². The van der Waals surface area contributed by atoms with Crippen LogP contribution in [0, 0.1) is 0 Å². The number of carbonyl (C=O) groups excluding carboxylic acids is 1. The summed E-state index contributed by atoms with van der Waals surface area (Å²) in [5.74, 6) is 0. The van der Waals surface area contributed by atoms with Crippen LogP contribution in [0.15, 0.2) is 67.3 Å². The van der Waals surface area contributed by atoms with Gasteiger partial charge in [-0.2, -0.15) is 5.10 Å². The number of nitrogens with zero attached hydrogens (tertiary/aromatic N) is 4. The second kappa shape index (κ2) is 8.14. The molecule has 1 aromatic carbocycles. The smallest absolute Gasteiger partial charge is 0.315 e. The number of pyridine rings is 1. The van der Waals surface area contributed by atoms with Crippen molar-refractivity contribution >= 4 is 23.3 Å². The summed E-state index contributed by atoms with van der Waals surface area (Å²) in [5.41, 5.74) is 3.71. The number of aromatic nitrogens is 4. The summed E-state index contributed by atoms with van der Waals surface area (Å²) in [5, 5.41) is 10.5. The van der Waals surface area contributed by atoms with Crippen molar-refractivity contribution in [2.75, 3.05) is 0 Å². The van der Waals surface area contributed by atoms with Crippen LogP contribution < -0.4 is 10.6 Å². The molecule has 7 nitrogen and oxygen atoms in total. The number of fused-ring (bicyclic) bond motifs is 1. The standard InChI is InChI=1S/C20H19ClN6O/c21-17-5-6-19-25-18(14-26(19)13-17)11-23-20(28)22-10-15-3-1-4-16(9-15)12-27-8-2-7-24-27/h1-9,13-14H,10-12H2,(H2,22,23,28). The van der Waals surface area contributed by atoms with Crippen molar-refractivity contribution < 1.29 is 4.79 Å². The third-order valence-corrected chi connectivity index (χ3v) is 4.47. The van der Waals surface area contributed by atoms with Crippen molar-refractivity contribution in [3.8, 4) is 0 Å². The molecule has 28 heavy (non-hydrogen) atoms. The number of nitrogens with one attached hydrogen (secondary N) is 2. The molecule has 3 aromatic heterocycles. The summed E-state index contributed by atoms with van der Waals surface area (Å²) in [4.78, 5) is 16.6. The predicted octanol–water partition coefficient (Wildman–Crippen LogP) is 3.23. The van der Waals surface area contributed by atoms with Gasteiger partial charge in [-0.3, -0.25) is 4.68 Å². The van der Waals surface area contributed by atoms with Crippen LogP contribution in [-0.2, 0) is 19.6 Å². The predicted molar refractivity (Wildman–Crippen MR) is 107 cm³/mol. The van der Waals surface area contributed by atoms with Gasteiger partial charge in [0.05, 0.1) is 23.8 Å². The fourth-order valence-corrected chi connectivity index (χ4v) is 3.11. The number of rotatable bonds is 6. The van der Waals surface area contributed by atoms with Gasteiger partial charge in [0.25, 0.3) is 0 Å². The van der Waals surface area contributed by atoms with Crippen molar-refractivity contribution in [2.24, 2.45) is 0 Å². The van der Waals surface area contributed by atoms with E-state index >= 15 is 0 Å². The van der Waals surface area contributed by atoms with Crippen molar-refractivity contribution in [3.63, 3.8) is 0 Å². The van der Waals surface area contributed by atoms with Crippen molar-refractivity contribution in [1.29, 1.82) is 0 Å². The first-order valence-electron chi connectivity index (χ1n) is 8.86. The van der Waals surface area contributed by atoms with Crippen LogP contribution in [0.2, 0.25) is 5.02 Å². The summed E-state index contributed by atoms with van der Waals surface area (Å²) in [6.07, 6.45) is 7.31. The molecule has 0 aliphatic heterocycles. The highest BCUT2D eigenvalue weighted by Gasteiger charge is 2.05. The molecule has 0 fully saturated rings. The Morgan fingerprint density at radius 1 is 1.04 bits per heavy atom. The highest BCUT2D eigenvalue weighted by molar-refractivity contribution is 6.30. The van der Waals surface area contributed by atoms with E-state index in [9.17, 15) is 4.79 Å². The van der Waals surface area contributed by atoms with Crippen LogP contribution in [0.5, 0.6) is 0 Å². The van der Waals surface area contributed by atoms with E-state index in [0.717, 1.165) is 22.5 Å². The number of hydrogen-bond acceptors (Lipinski definition) is 3. The largest absolute Gasteiger partial charge is 0.334 e. The molecule has 2 N–H and O–H groups in total. The molecule has 0 radical (unpaired) electrons. The third-order valence-electron chi connectivity index (χ3n) is 4.24. The van der Waals surface area contributed by atoms with E-state index in [1.54, 1.807) is 18.5 Å². The Kier molecular flexibility index (Phi) is 5.25. The first-order valence-corrected chi connectivity index (χ1v) is 9.23. The van der Waals surface area contributed by atoms with E-state index in [0.29, 0.717) is 24.7 Å². The van der Waals surface area contributed by atoms with E-state index in [1.807, 2.05) is 51.8 Å². The van der Waals surface area contributed by atoms with Gasteiger partial charge in [-0.05, 0) is 29.3 Å². The molecular weight excluding hydrogens is 376 g/mol. The lowest BCUT2D eigenvalue weighted by Crippen LogP contribution is -2.34. The molecule has 0 atom stereocenters. The minimum atomic E-state index is -0.243. The molecule has 0 saturated carbocycles. The number of urea groups is 1. The van der Waals surface area contributed by atoms with E-state index < -0.39 is 0 Å². The summed E-state index contributed by atoms with van der Waals surface area (Å²) in [7, 11) is 0. The molecule has 2 amide bonds. The van der Waals surface area contributed by atoms with Gasteiger partial charge in [-0.15, -0.1) is 0 Å². The quantitative estimate of drug-likeness (QED) is 0.527.